The molecule has 4 rings (SSSR count). The summed E-state index contributed by atoms with van der Waals surface area (Å²) >= 11 is 3.01. The first-order valence-corrected chi connectivity index (χ1v) is 10.3. The number of thiazole rings is 1. The first-order valence-electron chi connectivity index (χ1n) is 8.27. The molecule has 0 saturated carbocycles. The standard InChI is InChI=1S/C19H15N3O3S2/c1-26-13-6-3-7-14-17(13)20-19(27-14)21-18(25)11-4-2-5-12(10-11)22-15(23)8-9-16(22)24/h2-7,10H,8-9H2,1H3,(H,20,21,25). The largest absolute Gasteiger partial charge is 0.298 e. The van der Waals surface area contributed by atoms with Gasteiger partial charge in [0.1, 0.15) is 0 Å². The number of fused-ring (bicyclic) bond motifs is 1. The van der Waals surface area contributed by atoms with Gasteiger partial charge in [0, 0.05) is 23.3 Å². The van der Waals surface area contributed by atoms with E-state index in [9.17, 15) is 14.4 Å². The second-order valence-corrected chi connectivity index (χ2v) is 7.83. The highest BCUT2D eigenvalue weighted by Crippen LogP contribution is 2.32. The molecule has 1 N–H and O–H groups in total. The fourth-order valence-electron chi connectivity index (χ4n) is 2.96. The van der Waals surface area contributed by atoms with Gasteiger partial charge in [-0.2, -0.15) is 0 Å². The first-order chi connectivity index (χ1) is 13.1. The van der Waals surface area contributed by atoms with Crippen LogP contribution in [0.3, 0.4) is 0 Å². The molecular formula is C19H15N3O3S2. The van der Waals surface area contributed by atoms with Crippen molar-refractivity contribution in [1.82, 2.24) is 4.98 Å². The number of rotatable bonds is 4. The van der Waals surface area contributed by atoms with Crippen molar-refractivity contribution in [2.45, 2.75) is 17.7 Å². The number of aromatic nitrogens is 1. The average molecular weight is 397 g/mol. The fourth-order valence-corrected chi connectivity index (χ4v) is 4.48. The molecule has 0 spiro atoms. The van der Waals surface area contributed by atoms with Gasteiger partial charge in [-0.05, 0) is 36.6 Å². The van der Waals surface area contributed by atoms with Crippen LogP contribution in [0.5, 0.6) is 0 Å². The lowest BCUT2D eigenvalue weighted by molar-refractivity contribution is -0.121. The molecule has 1 saturated heterocycles. The van der Waals surface area contributed by atoms with E-state index in [1.54, 1.807) is 36.0 Å². The topological polar surface area (TPSA) is 79.4 Å². The molecule has 0 radical (unpaired) electrons. The van der Waals surface area contributed by atoms with E-state index in [2.05, 4.69) is 10.3 Å². The van der Waals surface area contributed by atoms with E-state index in [1.807, 2.05) is 24.5 Å². The summed E-state index contributed by atoms with van der Waals surface area (Å²) in [7, 11) is 0. The molecule has 136 valence electrons. The van der Waals surface area contributed by atoms with Gasteiger partial charge in [-0.15, -0.1) is 11.8 Å². The van der Waals surface area contributed by atoms with Gasteiger partial charge in [0.25, 0.3) is 5.91 Å². The van der Waals surface area contributed by atoms with Gasteiger partial charge in [-0.1, -0.05) is 23.5 Å². The van der Waals surface area contributed by atoms with Gasteiger partial charge in [0.15, 0.2) is 5.13 Å². The maximum atomic E-state index is 12.6. The smallest absolute Gasteiger partial charge is 0.257 e. The summed E-state index contributed by atoms with van der Waals surface area (Å²) in [5, 5.41) is 3.32. The number of carbonyl (C=O) groups is 3. The van der Waals surface area contributed by atoms with E-state index < -0.39 is 0 Å². The molecule has 2 aromatic carbocycles. The molecular weight excluding hydrogens is 382 g/mol. The normalized spacial score (nSPS) is 14.2. The zero-order chi connectivity index (χ0) is 19.0. The van der Waals surface area contributed by atoms with Crippen molar-refractivity contribution in [2.75, 3.05) is 16.5 Å². The first kappa shape index (κ1) is 17.7. The molecule has 1 aromatic heterocycles. The molecule has 0 aliphatic carbocycles. The molecule has 0 atom stereocenters. The van der Waals surface area contributed by atoms with Crippen LogP contribution in [0.1, 0.15) is 23.2 Å². The number of benzene rings is 2. The Labute approximate surface area is 163 Å². The Morgan fingerprint density at radius 2 is 1.89 bits per heavy atom. The third-order valence-electron chi connectivity index (χ3n) is 4.24. The van der Waals surface area contributed by atoms with Gasteiger partial charge in [-0.25, -0.2) is 4.98 Å². The summed E-state index contributed by atoms with van der Waals surface area (Å²) in [6, 6.07) is 12.4. The van der Waals surface area contributed by atoms with Crippen LogP contribution in [0.15, 0.2) is 47.4 Å². The van der Waals surface area contributed by atoms with E-state index in [-0.39, 0.29) is 30.6 Å². The van der Waals surface area contributed by atoms with Crippen molar-refractivity contribution in [3.05, 3.63) is 48.0 Å². The van der Waals surface area contributed by atoms with Crippen LogP contribution in [0.2, 0.25) is 0 Å². The monoisotopic (exact) mass is 397 g/mol. The van der Waals surface area contributed by atoms with Crippen molar-refractivity contribution in [2.24, 2.45) is 0 Å². The van der Waals surface area contributed by atoms with Gasteiger partial charge in [0.05, 0.1) is 15.9 Å². The zero-order valence-electron chi connectivity index (χ0n) is 14.4. The number of carbonyl (C=O) groups excluding carboxylic acids is 3. The molecule has 2 heterocycles. The summed E-state index contributed by atoms with van der Waals surface area (Å²) in [5.41, 5.74) is 1.65. The Kier molecular flexibility index (Phi) is 4.67. The molecule has 6 nitrogen and oxygen atoms in total. The number of para-hydroxylation sites is 1. The number of imide groups is 1. The molecule has 0 unspecified atom stereocenters. The minimum Gasteiger partial charge on any atom is -0.298 e. The summed E-state index contributed by atoms with van der Waals surface area (Å²) in [5.74, 6) is -0.817. The lowest BCUT2D eigenvalue weighted by Crippen LogP contribution is -2.28. The molecule has 27 heavy (non-hydrogen) atoms. The molecule has 0 bridgehead atoms. The lowest BCUT2D eigenvalue weighted by Gasteiger charge is -2.14. The van der Waals surface area contributed by atoms with Crippen LogP contribution in [0.25, 0.3) is 10.2 Å². The third kappa shape index (κ3) is 3.33. The number of hydrogen-bond donors (Lipinski definition) is 1. The number of nitrogens with zero attached hydrogens (tertiary/aromatic N) is 2. The molecule has 1 aliphatic rings. The fraction of sp³-hybridized carbons (Fsp3) is 0.158. The maximum Gasteiger partial charge on any atom is 0.257 e. The van der Waals surface area contributed by atoms with E-state index in [4.69, 9.17) is 0 Å². The van der Waals surface area contributed by atoms with Crippen LogP contribution < -0.4 is 10.2 Å². The Hall–Kier alpha value is -2.71. The maximum absolute atomic E-state index is 12.6. The molecule has 3 aromatic rings. The van der Waals surface area contributed by atoms with E-state index in [0.717, 1.165) is 20.0 Å². The second-order valence-electron chi connectivity index (χ2n) is 5.95. The van der Waals surface area contributed by atoms with Crippen LogP contribution in [0.4, 0.5) is 10.8 Å². The Morgan fingerprint density at radius 3 is 2.63 bits per heavy atom. The van der Waals surface area contributed by atoms with Crippen molar-refractivity contribution in [3.8, 4) is 0 Å². The number of hydrogen-bond acceptors (Lipinski definition) is 6. The Bertz CT molecular complexity index is 1060. The van der Waals surface area contributed by atoms with E-state index in [1.165, 1.54) is 11.3 Å². The molecule has 3 amide bonds. The lowest BCUT2D eigenvalue weighted by atomic mass is 10.2. The number of amides is 3. The minimum atomic E-state index is -0.333. The number of nitrogens with one attached hydrogen (secondary N) is 1. The third-order valence-corrected chi connectivity index (χ3v) is 5.95. The quantitative estimate of drug-likeness (QED) is 0.533. The summed E-state index contributed by atoms with van der Waals surface area (Å²) in [4.78, 5) is 43.2. The number of anilines is 2. The average Bonchev–Trinajstić information content (AvgIpc) is 3.23. The highest BCUT2D eigenvalue weighted by Gasteiger charge is 2.30. The van der Waals surface area contributed by atoms with E-state index >= 15 is 0 Å². The van der Waals surface area contributed by atoms with Crippen LogP contribution in [-0.4, -0.2) is 29.0 Å². The van der Waals surface area contributed by atoms with Crippen molar-refractivity contribution in [3.63, 3.8) is 0 Å². The highest BCUT2D eigenvalue weighted by molar-refractivity contribution is 7.98. The van der Waals surface area contributed by atoms with Gasteiger partial charge < -0.3 is 0 Å². The zero-order valence-corrected chi connectivity index (χ0v) is 16.0. The van der Waals surface area contributed by atoms with Gasteiger partial charge in [-0.3, -0.25) is 24.6 Å². The van der Waals surface area contributed by atoms with Gasteiger partial charge in [0.2, 0.25) is 11.8 Å². The molecule has 1 aliphatic heterocycles. The van der Waals surface area contributed by atoms with Crippen molar-refractivity contribution in [1.29, 1.82) is 0 Å². The number of thioether (sulfide) groups is 1. The highest BCUT2D eigenvalue weighted by atomic mass is 32.2. The Morgan fingerprint density at radius 1 is 1.15 bits per heavy atom. The van der Waals surface area contributed by atoms with Crippen molar-refractivity contribution >= 4 is 61.9 Å². The minimum absolute atomic E-state index is 0.207. The summed E-state index contributed by atoms with van der Waals surface area (Å²) in [6.07, 6.45) is 2.40. The predicted octanol–water partition coefficient (Wildman–Crippen LogP) is 3.92. The predicted molar refractivity (Wildman–Crippen MR) is 108 cm³/mol. The molecule has 8 heteroatoms. The Balaban J connectivity index is 1.59. The van der Waals surface area contributed by atoms with Crippen LogP contribution in [0, 0.1) is 0 Å². The second kappa shape index (κ2) is 7.13. The molecule has 1 fully saturated rings. The van der Waals surface area contributed by atoms with E-state index in [0.29, 0.717) is 16.4 Å². The summed E-state index contributed by atoms with van der Waals surface area (Å²) in [6.45, 7) is 0. The summed E-state index contributed by atoms with van der Waals surface area (Å²) < 4.78 is 0.999. The van der Waals surface area contributed by atoms with Crippen molar-refractivity contribution < 1.29 is 14.4 Å². The van der Waals surface area contributed by atoms with Gasteiger partial charge >= 0.3 is 0 Å². The SMILES string of the molecule is CSc1cccc2sc(NC(=O)c3cccc(N4C(=O)CCC4=O)c3)nc12. The van der Waals surface area contributed by atoms with Crippen LogP contribution >= 0.6 is 23.1 Å². The van der Waals surface area contributed by atoms with Crippen LogP contribution in [-0.2, 0) is 9.59 Å².